The monoisotopic (exact) mass is 354 g/mol. The molecule has 0 spiro atoms. The average molecular weight is 355 g/mol. The summed E-state index contributed by atoms with van der Waals surface area (Å²) in [5.41, 5.74) is 8.00. The highest BCUT2D eigenvalue weighted by molar-refractivity contribution is 9.11. The standard InChI is InChI=1S/C13H11BrN2OS2/c1-7-3-2-4-8(11(7)12(15)18)16-13(17)9-5-6-10(14)19-9/h2-6H,1H3,(H2,15,18)(H,16,17). The second-order valence-corrected chi connectivity index (χ2v) is 6.82. The van der Waals surface area contributed by atoms with Gasteiger partial charge in [-0.2, -0.15) is 0 Å². The zero-order chi connectivity index (χ0) is 14.0. The molecule has 2 rings (SSSR count). The molecule has 0 aliphatic rings. The van der Waals surface area contributed by atoms with E-state index in [1.165, 1.54) is 11.3 Å². The highest BCUT2D eigenvalue weighted by Gasteiger charge is 2.13. The number of thiocarbonyl (C=S) groups is 1. The number of carbonyl (C=O) groups is 1. The Labute approximate surface area is 129 Å². The topological polar surface area (TPSA) is 55.1 Å². The second kappa shape index (κ2) is 5.81. The predicted molar refractivity (Wildman–Crippen MR) is 87.0 cm³/mol. The number of halogens is 1. The minimum atomic E-state index is -0.168. The first kappa shape index (κ1) is 14.2. The van der Waals surface area contributed by atoms with E-state index in [0.717, 1.165) is 9.35 Å². The summed E-state index contributed by atoms with van der Waals surface area (Å²) in [6.45, 7) is 1.91. The van der Waals surface area contributed by atoms with Crippen LogP contribution in [-0.2, 0) is 0 Å². The maximum atomic E-state index is 12.1. The van der Waals surface area contributed by atoms with E-state index in [1.54, 1.807) is 12.1 Å². The number of amides is 1. The number of benzene rings is 1. The van der Waals surface area contributed by atoms with Crippen LogP contribution in [0.5, 0.6) is 0 Å². The summed E-state index contributed by atoms with van der Waals surface area (Å²) < 4.78 is 0.913. The van der Waals surface area contributed by atoms with E-state index in [1.807, 2.05) is 25.1 Å². The third-order valence-corrected chi connectivity index (χ3v) is 4.39. The van der Waals surface area contributed by atoms with E-state index >= 15 is 0 Å². The van der Waals surface area contributed by atoms with Crippen molar-refractivity contribution in [3.8, 4) is 0 Å². The van der Waals surface area contributed by atoms with E-state index in [9.17, 15) is 4.79 Å². The van der Waals surface area contributed by atoms with Crippen LogP contribution in [0.1, 0.15) is 20.8 Å². The fraction of sp³-hybridized carbons (Fsp3) is 0.0769. The van der Waals surface area contributed by atoms with Crippen molar-refractivity contribution in [1.29, 1.82) is 0 Å². The molecule has 0 aliphatic carbocycles. The number of aryl methyl sites for hydroxylation is 1. The van der Waals surface area contributed by atoms with E-state index in [4.69, 9.17) is 18.0 Å². The van der Waals surface area contributed by atoms with Crippen LogP contribution in [0.4, 0.5) is 5.69 Å². The number of hydrogen-bond acceptors (Lipinski definition) is 3. The molecule has 0 atom stereocenters. The van der Waals surface area contributed by atoms with Gasteiger partial charge in [-0.25, -0.2) is 0 Å². The van der Waals surface area contributed by atoms with Gasteiger partial charge in [0.2, 0.25) is 0 Å². The molecule has 0 aliphatic heterocycles. The van der Waals surface area contributed by atoms with Gasteiger partial charge in [-0.15, -0.1) is 11.3 Å². The van der Waals surface area contributed by atoms with Crippen molar-refractivity contribution in [3.05, 3.63) is 50.1 Å². The molecule has 1 heterocycles. The third-order valence-electron chi connectivity index (χ3n) is 2.56. The van der Waals surface area contributed by atoms with Gasteiger partial charge < -0.3 is 11.1 Å². The van der Waals surface area contributed by atoms with E-state index in [0.29, 0.717) is 16.1 Å². The van der Waals surface area contributed by atoms with Crippen LogP contribution >= 0.6 is 39.5 Å². The molecule has 0 saturated carbocycles. The SMILES string of the molecule is Cc1cccc(NC(=O)c2ccc(Br)s2)c1C(N)=S. The molecule has 1 amide bonds. The Morgan fingerprint density at radius 3 is 2.68 bits per heavy atom. The zero-order valence-electron chi connectivity index (χ0n) is 10.1. The number of nitrogens with two attached hydrogens (primary N) is 1. The first-order valence-corrected chi connectivity index (χ1v) is 7.47. The quantitative estimate of drug-likeness (QED) is 0.826. The molecule has 1 aromatic heterocycles. The largest absolute Gasteiger partial charge is 0.389 e. The Morgan fingerprint density at radius 1 is 1.37 bits per heavy atom. The highest BCUT2D eigenvalue weighted by atomic mass is 79.9. The first-order valence-electron chi connectivity index (χ1n) is 5.45. The van der Waals surface area contributed by atoms with Gasteiger partial charge in [0.15, 0.2) is 0 Å². The summed E-state index contributed by atoms with van der Waals surface area (Å²) in [6, 6.07) is 9.16. The van der Waals surface area contributed by atoms with Crippen molar-refractivity contribution in [3.63, 3.8) is 0 Å². The van der Waals surface area contributed by atoms with Crippen LogP contribution in [0.3, 0.4) is 0 Å². The Kier molecular flexibility index (Phi) is 4.34. The van der Waals surface area contributed by atoms with E-state index in [2.05, 4.69) is 21.2 Å². The lowest BCUT2D eigenvalue weighted by Crippen LogP contribution is -2.18. The van der Waals surface area contributed by atoms with Crippen LogP contribution in [0.25, 0.3) is 0 Å². The lowest BCUT2D eigenvalue weighted by molar-refractivity contribution is 0.103. The van der Waals surface area contributed by atoms with Crippen molar-refractivity contribution in [2.24, 2.45) is 5.73 Å². The van der Waals surface area contributed by atoms with Crippen LogP contribution in [0.15, 0.2) is 34.1 Å². The first-order chi connectivity index (χ1) is 8.99. The molecule has 0 unspecified atom stereocenters. The summed E-state index contributed by atoms with van der Waals surface area (Å²) in [4.78, 5) is 13.0. The molecule has 1 aromatic carbocycles. The molecule has 3 N–H and O–H groups in total. The van der Waals surface area contributed by atoms with Gasteiger partial charge in [0, 0.05) is 5.56 Å². The number of nitrogens with one attached hydrogen (secondary N) is 1. The number of carbonyl (C=O) groups excluding carboxylic acids is 1. The van der Waals surface area contributed by atoms with E-state index in [-0.39, 0.29) is 10.9 Å². The van der Waals surface area contributed by atoms with Crippen molar-refractivity contribution in [2.45, 2.75) is 6.92 Å². The molecule has 0 saturated heterocycles. The molecule has 2 aromatic rings. The molecule has 3 nitrogen and oxygen atoms in total. The molecule has 19 heavy (non-hydrogen) atoms. The smallest absolute Gasteiger partial charge is 0.265 e. The molecule has 0 fully saturated rings. The van der Waals surface area contributed by atoms with Crippen LogP contribution < -0.4 is 11.1 Å². The van der Waals surface area contributed by atoms with Crippen molar-refractivity contribution in [1.82, 2.24) is 0 Å². The normalized spacial score (nSPS) is 10.2. The zero-order valence-corrected chi connectivity index (χ0v) is 13.3. The van der Waals surface area contributed by atoms with Crippen molar-refractivity contribution >= 4 is 56.1 Å². The number of rotatable bonds is 3. The number of thiophene rings is 1. The summed E-state index contributed by atoms with van der Waals surface area (Å²) in [5, 5.41) is 2.85. The number of hydrogen-bond donors (Lipinski definition) is 2. The summed E-state index contributed by atoms with van der Waals surface area (Å²) >= 11 is 9.74. The molecule has 0 bridgehead atoms. The van der Waals surface area contributed by atoms with Gasteiger partial charge in [-0.05, 0) is 46.6 Å². The molecule has 0 radical (unpaired) electrons. The maximum absolute atomic E-state index is 12.1. The molecular formula is C13H11BrN2OS2. The molecule has 6 heteroatoms. The van der Waals surface area contributed by atoms with Gasteiger partial charge >= 0.3 is 0 Å². The number of anilines is 1. The Balaban J connectivity index is 2.31. The Morgan fingerprint density at radius 2 is 2.11 bits per heavy atom. The summed E-state index contributed by atoms with van der Waals surface area (Å²) in [5.74, 6) is -0.168. The fourth-order valence-electron chi connectivity index (χ4n) is 1.72. The minimum Gasteiger partial charge on any atom is -0.389 e. The van der Waals surface area contributed by atoms with Crippen molar-refractivity contribution in [2.75, 3.05) is 5.32 Å². The van der Waals surface area contributed by atoms with Crippen LogP contribution in [0.2, 0.25) is 0 Å². The lowest BCUT2D eigenvalue weighted by atomic mass is 10.1. The molecular weight excluding hydrogens is 344 g/mol. The summed E-state index contributed by atoms with van der Waals surface area (Å²) in [7, 11) is 0. The third kappa shape index (κ3) is 3.20. The van der Waals surface area contributed by atoms with Gasteiger partial charge in [-0.1, -0.05) is 24.4 Å². The van der Waals surface area contributed by atoms with Crippen molar-refractivity contribution < 1.29 is 4.79 Å². The maximum Gasteiger partial charge on any atom is 0.265 e. The van der Waals surface area contributed by atoms with Gasteiger partial charge in [0.25, 0.3) is 5.91 Å². The van der Waals surface area contributed by atoms with E-state index < -0.39 is 0 Å². The molecule has 98 valence electrons. The van der Waals surface area contributed by atoms with Gasteiger partial charge in [0.05, 0.1) is 14.4 Å². The Bertz CT molecular complexity index is 652. The fourth-order valence-corrected chi connectivity index (χ4v) is 3.27. The van der Waals surface area contributed by atoms with Crippen LogP contribution in [-0.4, -0.2) is 10.9 Å². The van der Waals surface area contributed by atoms with Gasteiger partial charge in [-0.3, -0.25) is 4.79 Å². The Hall–Kier alpha value is -1.24. The average Bonchev–Trinajstić information content (AvgIpc) is 2.75. The summed E-state index contributed by atoms with van der Waals surface area (Å²) in [6.07, 6.45) is 0. The van der Waals surface area contributed by atoms with Crippen LogP contribution in [0, 0.1) is 6.92 Å². The second-order valence-electron chi connectivity index (χ2n) is 3.92. The predicted octanol–water partition coefficient (Wildman–Crippen LogP) is 3.71. The lowest BCUT2D eigenvalue weighted by Gasteiger charge is -2.11. The highest BCUT2D eigenvalue weighted by Crippen LogP contribution is 2.24. The minimum absolute atomic E-state index is 0.168. The van der Waals surface area contributed by atoms with Gasteiger partial charge in [0.1, 0.15) is 4.99 Å².